The van der Waals surface area contributed by atoms with Crippen LogP contribution in [0.1, 0.15) is 22.3 Å². The molecule has 9 heteroatoms. The fraction of sp³-hybridized carbons (Fsp3) is 0.190. The fourth-order valence-electron chi connectivity index (χ4n) is 3.21. The number of fused-ring (bicyclic) bond motifs is 1. The average Bonchev–Trinajstić information content (AvgIpc) is 3.12. The molecule has 3 aromatic heterocycles. The van der Waals surface area contributed by atoms with Crippen LogP contribution in [-0.4, -0.2) is 19.9 Å². The molecule has 0 atom stereocenters. The van der Waals surface area contributed by atoms with Crippen LogP contribution in [-0.2, 0) is 12.7 Å². The van der Waals surface area contributed by atoms with E-state index in [1.807, 2.05) is 26.0 Å². The van der Waals surface area contributed by atoms with Crippen molar-refractivity contribution in [2.45, 2.75) is 26.6 Å². The summed E-state index contributed by atoms with van der Waals surface area (Å²) in [5, 5.41) is 3.45. The maximum absolute atomic E-state index is 13.1. The first kappa shape index (κ1) is 19.7. The van der Waals surface area contributed by atoms with Gasteiger partial charge in [-0.1, -0.05) is 23.8 Å². The first-order valence-electron chi connectivity index (χ1n) is 9.19. The Morgan fingerprint density at radius 3 is 2.67 bits per heavy atom. The molecule has 6 nitrogen and oxygen atoms in total. The molecular weight excluding hydrogens is 393 g/mol. The molecule has 30 heavy (non-hydrogen) atoms. The number of nitrogens with one attached hydrogen (secondary N) is 2. The minimum Gasteiger partial charge on any atom is -0.396 e. The lowest BCUT2D eigenvalue weighted by molar-refractivity contribution is -0.137. The highest BCUT2D eigenvalue weighted by atomic mass is 19.4. The van der Waals surface area contributed by atoms with Crippen LogP contribution in [0.15, 0.2) is 42.9 Å². The van der Waals surface area contributed by atoms with Gasteiger partial charge in [0.15, 0.2) is 0 Å². The van der Waals surface area contributed by atoms with Crippen molar-refractivity contribution in [3.63, 3.8) is 0 Å². The number of nitrogen functional groups attached to an aromatic ring is 1. The maximum atomic E-state index is 13.1. The number of anilines is 2. The topological polar surface area (TPSA) is 92.5 Å². The zero-order valence-electron chi connectivity index (χ0n) is 16.3. The second-order valence-electron chi connectivity index (χ2n) is 7.10. The predicted octanol–water partition coefficient (Wildman–Crippen LogP) is 4.85. The second kappa shape index (κ2) is 7.33. The standard InChI is InChI=1S/C21H19F3N6/c1-11-3-4-12(2)13(5-11)7-28-20-29-10-17(25)18(30-20)16-9-27-19-15(16)6-14(8-26-19)21(22,23)24/h3-6,8-10H,7,25H2,1-2H3,(H,26,27)(H,28,29,30). The van der Waals surface area contributed by atoms with E-state index in [0.717, 1.165) is 29.0 Å². The molecule has 0 amide bonds. The Labute approximate surface area is 170 Å². The van der Waals surface area contributed by atoms with Crippen LogP contribution in [0.4, 0.5) is 24.8 Å². The molecule has 0 unspecified atom stereocenters. The molecule has 0 bridgehead atoms. The number of hydrogen-bond acceptors (Lipinski definition) is 5. The second-order valence-corrected chi connectivity index (χ2v) is 7.10. The van der Waals surface area contributed by atoms with Crippen molar-refractivity contribution in [3.8, 4) is 11.3 Å². The molecule has 0 saturated heterocycles. The third-order valence-electron chi connectivity index (χ3n) is 4.87. The van der Waals surface area contributed by atoms with E-state index in [-0.39, 0.29) is 11.1 Å². The van der Waals surface area contributed by atoms with Gasteiger partial charge in [0, 0.05) is 29.9 Å². The van der Waals surface area contributed by atoms with Gasteiger partial charge in [0.1, 0.15) is 11.3 Å². The van der Waals surface area contributed by atoms with Gasteiger partial charge < -0.3 is 16.0 Å². The summed E-state index contributed by atoms with van der Waals surface area (Å²) in [4.78, 5) is 15.4. The monoisotopic (exact) mass is 412 g/mol. The lowest BCUT2D eigenvalue weighted by atomic mass is 10.1. The van der Waals surface area contributed by atoms with Crippen molar-refractivity contribution >= 4 is 22.7 Å². The van der Waals surface area contributed by atoms with Crippen LogP contribution in [0.3, 0.4) is 0 Å². The highest BCUT2D eigenvalue weighted by Crippen LogP contribution is 2.35. The van der Waals surface area contributed by atoms with Gasteiger partial charge in [-0.05, 0) is 31.0 Å². The van der Waals surface area contributed by atoms with E-state index in [4.69, 9.17) is 5.73 Å². The molecule has 4 rings (SSSR count). The van der Waals surface area contributed by atoms with Gasteiger partial charge in [-0.15, -0.1) is 0 Å². The van der Waals surface area contributed by atoms with Gasteiger partial charge in [0.25, 0.3) is 0 Å². The molecule has 4 N–H and O–H groups in total. The van der Waals surface area contributed by atoms with Crippen LogP contribution in [0, 0.1) is 13.8 Å². The number of pyridine rings is 1. The minimum absolute atomic E-state index is 0.255. The Bertz CT molecular complexity index is 1230. The number of aryl methyl sites for hydroxylation is 2. The Hall–Kier alpha value is -3.62. The van der Waals surface area contributed by atoms with E-state index in [1.54, 1.807) is 6.20 Å². The normalized spacial score (nSPS) is 11.8. The molecule has 4 aromatic rings. The van der Waals surface area contributed by atoms with E-state index >= 15 is 0 Å². The Morgan fingerprint density at radius 1 is 1.10 bits per heavy atom. The van der Waals surface area contributed by atoms with Crippen LogP contribution >= 0.6 is 0 Å². The highest BCUT2D eigenvalue weighted by molar-refractivity contribution is 5.95. The van der Waals surface area contributed by atoms with Crippen LogP contribution in [0.25, 0.3) is 22.3 Å². The Kier molecular flexibility index (Phi) is 4.81. The third-order valence-corrected chi connectivity index (χ3v) is 4.87. The maximum Gasteiger partial charge on any atom is 0.417 e. The first-order chi connectivity index (χ1) is 14.2. The van der Waals surface area contributed by atoms with Crippen LogP contribution in [0.2, 0.25) is 0 Å². The summed E-state index contributed by atoms with van der Waals surface area (Å²) in [5.41, 5.74) is 9.91. The van der Waals surface area contributed by atoms with E-state index in [1.165, 1.54) is 6.20 Å². The molecular formula is C21H19F3N6. The smallest absolute Gasteiger partial charge is 0.396 e. The van der Waals surface area contributed by atoms with Gasteiger partial charge in [0.05, 0.1) is 17.4 Å². The summed E-state index contributed by atoms with van der Waals surface area (Å²) in [6.07, 6.45) is -0.715. The highest BCUT2D eigenvalue weighted by Gasteiger charge is 2.31. The number of rotatable bonds is 4. The number of nitrogens with zero attached hydrogens (tertiary/aromatic N) is 3. The molecule has 0 fully saturated rings. The fourth-order valence-corrected chi connectivity index (χ4v) is 3.21. The zero-order chi connectivity index (χ0) is 21.5. The number of hydrogen-bond donors (Lipinski definition) is 3. The lowest BCUT2D eigenvalue weighted by Gasteiger charge is -2.11. The molecule has 0 aliphatic heterocycles. The van der Waals surface area contributed by atoms with Crippen molar-refractivity contribution in [2.75, 3.05) is 11.1 Å². The summed E-state index contributed by atoms with van der Waals surface area (Å²) in [6.45, 7) is 4.54. The average molecular weight is 412 g/mol. The van der Waals surface area contributed by atoms with Crippen molar-refractivity contribution in [3.05, 3.63) is 65.1 Å². The lowest BCUT2D eigenvalue weighted by Crippen LogP contribution is -2.07. The molecule has 0 aliphatic carbocycles. The summed E-state index contributed by atoms with van der Waals surface area (Å²) in [7, 11) is 0. The van der Waals surface area contributed by atoms with Gasteiger partial charge in [-0.2, -0.15) is 13.2 Å². The van der Waals surface area contributed by atoms with E-state index in [9.17, 15) is 13.2 Å². The van der Waals surface area contributed by atoms with Crippen LogP contribution < -0.4 is 11.1 Å². The van der Waals surface area contributed by atoms with E-state index in [0.29, 0.717) is 29.4 Å². The molecule has 3 heterocycles. The first-order valence-corrected chi connectivity index (χ1v) is 9.19. The molecule has 0 radical (unpaired) electrons. The number of halogens is 3. The van der Waals surface area contributed by atoms with Gasteiger partial charge in [-0.3, -0.25) is 0 Å². The van der Waals surface area contributed by atoms with Crippen LogP contribution in [0.5, 0.6) is 0 Å². The van der Waals surface area contributed by atoms with Crippen molar-refractivity contribution < 1.29 is 13.2 Å². The molecule has 0 spiro atoms. The summed E-state index contributed by atoms with van der Waals surface area (Å²) < 4.78 is 39.3. The summed E-state index contributed by atoms with van der Waals surface area (Å²) in [6, 6.07) is 7.19. The largest absolute Gasteiger partial charge is 0.417 e. The molecule has 0 saturated carbocycles. The minimum atomic E-state index is -4.49. The number of benzene rings is 1. The van der Waals surface area contributed by atoms with Gasteiger partial charge in [0.2, 0.25) is 5.95 Å². The molecule has 154 valence electrons. The number of H-pyrrole nitrogens is 1. The van der Waals surface area contributed by atoms with Crippen molar-refractivity contribution in [2.24, 2.45) is 0 Å². The summed E-state index contributed by atoms with van der Waals surface area (Å²) in [5.74, 6) is 0.328. The molecule has 0 aliphatic rings. The number of aromatic amines is 1. The Morgan fingerprint density at radius 2 is 1.90 bits per heavy atom. The Balaban J connectivity index is 1.69. The quantitative estimate of drug-likeness (QED) is 0.446. The number of nitrogens with two attached hydrogens (primary N) is 1. The van der Waals surface area contributed by atoms with Crippen molar-refractivity contribution in [1.29, 1.82) is 0 Å². The summed E-state index contributed by atoms with van der Waals surface area (Å²) >= 11 is 0. The van der Waals surface area contributed by atoms with Crippen molar-refractivity contribution in [1.82, 2.24) is 19.9 Å². The van der Waals surface area contributed by atoms with Gasteiger partial charge in [-0.25, -0.2) is 15.0 Å². The van der Waals surface area contributed by atoms with E-state index < -0.39 is 11.7 Å². The number of alkyl halides is 3. The number of aromatic nitrogens is 4. The third kappa shape index (κ3) is 3.78. The molecule has 1 aromatic carbocycles. The van der Waals surface area contributed by atoms with Gasteiger partial charge >= 0.3 is 6.18 Å². The SMILES string of the molecule is Cc1ccc(C)c(CNc2ncc(N)c(-c3c[nH]c4ncc(C(F)(F)F)cc34)n2)c1. The predicted molar refractivity (Wildman–Crippen MR) is 110 cm³/mol. The zero-order valence-corrected chi connectivity index (χ0v) is 16.3. The van der Waals surface area contributed by atoms with E-state index in [2.05, 4.69) is 31.3 Å².